The Bertz CT molecular complexity index is 1620. The predicted octanol–water partition coefficient (Wildman–Crippen LogP) is 2.49. The molecule has 0 bridgehead atoms. The van der Waals surface area contributed by atoms with Gasteiger partial charge >= 0.3 is 0 Å². The highest BCUT2D eigenvalue weighted by Crippen LogP contribution is 2.34. The number of carbonyl (C=O) groups is 1. The smallest absolute Gasteiger partial charge is 0.270 e. The van der Waals surface area contributed by atoms with E-state index >= 15 is 0 Å². The third-order valence-electron chi connectivity index (χ3n) is 7.74. The van der Waals surface area contributed by atoms with Crippen LogP contribution in [-0.2, 0) is 11.3 Å². The third kappa shape index (κ3) is 5.85. The molecular weight excluding hydrogens is 512 g/mol. The van der Waals surface area contributed by atoms with Gasteiger partial charge in [-0.2, -0.15) is 0 Å². The maximum atomic E-state index is 13.7. The Kier molecular flexibility index (Phi) is 8.04. The van der Waals surface area contributed by atoms with E-state index < -0.39 is 0 Å². The van der Waals surface area contributed by atoms with Crippen molar-refractivity contribution in [3.8, 4) is 22.4 Å². The minimum atomic E-state index is -0.217. The van der Waals surface area contributed by atoms with Crippen molar-refractivity contribution in [1.29, 1.82) is 0 Å². The van der Waals surface area contributed by atoms with Crippen LogP contribution in [0, 0.1) is 0 Å². The van der Waals surface area contributed by atoms with Gasteiger partial charge in [-0.15, -0.1) is 0 Å². The van der Waals surface area contributed by atoms with E-state index in [1.165, 1.54) is 10.5 Å². The Balaban J connectivity index is 1.36. The molecule has 8 nitrogen and oxygen atoms in total. The number of hydrogen-bond acceptors (Lipinski definition) is 5. The highest BCUT2D eigenvalue weighted by atomic mass is 16.5. The van der Waals surface area contributed by atoms with Crippen LogP contribution >= 0.6 is 0 Å². The lowest BCUT2D eigenvalue weighted by Gasteiger charge is -2.31. The summed E-state index contributed by atoms with van der Waals surface area (Å²) < 4.78 is 5.59. The number of morpholine rings is 1. The van der Waals surface area contributed by atoms with Crippen LogP contribution in [0.15, 0.2) is 97.5 Å². The van der Waals surface area contributed by atoms with Crippen molar-refractivity contribution in [3.63, 3.8) is 0 Å². The molecule has 1 fully saturated rings. The number of hydrogen-bond donors (Lipinski definition) is 3. The van der Waals surface area contributed by atoms with Crippen LogP contribution in [0.4, 0.5) is 0 Å². The molecular formula is C33H34N6O2+2. The second-order valence-corrected chi connectivity index (χ2v) is 10.2. The molecule has 1 atom stereocenters. The fourth-order valence-electron chi connectivity index (χ4n) is 5.50. The van der Waals surface area contributed by atoms with E-state index in [1.54, 1.807) is 12.4 Å². The lowest BCUT2D eigenvalue weighted by molar-refractivity contribution is -0.937. The molecule has 0 radical (unpaired) electrons. The summed E-state index contributed by atoms with van der Waals surface area (Å²) in [6.45, 7) is 4.37. The lowest BCUT2D eigenvalue weighted by atomic mass is 9.96. The van der Waals surface area contributed by atoms with Crippen LogP contribution < -0.4 is 16.0 Å². The number of amides is 1. The lowest BCUT2D eigenvalue weighted by Crippen LogP contribution is -3.15. The van der Waals surface area contributed by atoms with E-state index in [9.17, 15) is 4.79 Å². The maximum Gasteiger partial charge on any atom is 0.270 e. The van der Waals surface area contributed by atoms with Gasteiger partial charge < -0.3 is 20.7 Å². The molecule has 5 aromatic rings. The first-order valence-corrected chi connectivity index (χ1v) is 14.1. The Labute approximate surface area is 239 Å². The van der Waals surface area contributed by atoms with E-state index in [0.717, 1.165) is 58.5 Å². The Hall–Kier alpha value is -4.50. The van der Waals surface area contributed by atoms with Crippen molar-refractivity contribution in [3.05, 3.63) is 114 Å². The van der Waals surface area contributed by atoms with Crippen molar-refractivity contribution in [2.75, 3.05) is 32.8 Å². The summed E-state index contributed by atoms with van der Waals surface area (Å²) in [5, 5.41) is 3.90. The summed E-state index contributed by atoms with van der Waals surface area (Å²) in [6.07, 6.45) is 5.32. The first-order valence-electron chi connectivity index (χ1n) is 14.1. The minimum Gasteiger partial charge on any atom is -0.370 e. The summed E-state index contributed by atoms with van der Waals surface area (Å²) in [6, 6.07) is 26.5. The van der Waals surface area contributed by atoms with Crippen molar-refractivity contribution in [2.45, 2.75) is 12.6 Å². The molecule has 5 N–H and O–H groups in total. The molecule has 4 heterocycles. The zero-order chi connectivity index (χ0) is 28.0. The molecule has 1 aliphatic heterocycles. The van der Waals surface area contributed by atoms with Gasteiger partial charge in [-0.25, -0.2) is 4.98 Å². The Morgan fingerprint density at radius 2 is 1.76 bits per heavy atom. The zero-order valence-corrected chi connectivity index (χ0v) is 22.9. The van der Waals surface area contributed by atoms with Gasteiger partial charge in [0.15, 0.2) is 0 Å². The third-order valence-corrected chi connectivity index (χ3v) is 7.74. The average molecular weight is 547 g/mol. The predicted molar refractivity (Wildman–Crippen MR) is 158 cm³/mol. The molecule has 3 aromatic heterocycles. The van der Waals surface area contributed by atoms with Gasteiger partial charge in [0.2, 0.25) is 0 Å². The van der Waals surface area contributed by atoms with Crippen molar-refractivity contribution in [2.24, 2.45) is 0 Å². The summed E-state index contributed by atoms with van der Waals surface area (Å²) in [5.41, 5.74) is 11.2. The van der Waals surface area contributed by atoms with E-state index in [1.807, 2.05) is 36.5 Å². The number of quaternary nitrogens is 2. The number of aromatic nitrogens is 3. The number of benzene rings is 2. The summed E-state index contributed by atoms with van der Waals surface area (Å²) in [5.74, 6) is -0.217. The SMILES string of the molecule is [NH3+]Cc1ccc(-c2nc3ccnc(C(=O)NCC(c4cccnc4)[NH+]4CCOCC4)c3cc2-c2ccccc2)cc1. The molecule has 206 valence electrons. The first-order chi connectivity index (χ1) is 20.2. The van der Waals surface area contributed by atoms with Crippen LogP contribution in [0.5, 0.6) is 0 Å². The summed E-state index contributed by atoms with van der Waals surface area (Å²) >= 11 is 0. The van der Waals surface area contributed by atoms with Gasteiger partial charge in [-0.1, -0.05) is 54.6 Å². The average Bonchev–Trinajstić information content (AvgIpc) is 3.05. The monoisotopic (exact) mass is 546 g/mol. The molecule has 8 heteroatoms. The first kappa shape index (κ1) is 26.7. The largest absolute Gasteiger partial charge is 0.370 e. The molecule has 0 saturated carbocycles. The van der Waals surface area contributed by atoms with Crippen LogP contribution in [0.2, 0.25) is 0 Å². The molecule has 6 rings (SSSR count). The number of carbonyl (C=O) groups excluding carboxylic acids is 1. The number of fused-ring (bicyclic) bond motifs is 1. The number of nitrogens with zero attached hydrogens (tertiary/aromatic N) is 3. The van der Waals surface area contributed by atoms with E-state index in [4.69, 9.17) is 9.72 Å². The molecule has 2 aromatic carbocycles. The van der Waals surface area contributed by atoms with Crippen molar-refractivity contribution < 1.29 is 20.2 Å². The molecule has 0 spiro atoms. The van der Waals surface area contributed by atoms with Crippen LogP contribution in [-0.4, -0.2) is 53.7 Å². The van der Waals surface area contributed by atoms with Gasteiger partial charge in [0.05, 0.1) is 37.5 Å². The number of pyridine rings is 3. The fraction of sp³-hybridized carbons (Fsp3) is 0.212. The highest BCUT2D eigenvalue weighted by molar-refractivity contribution is 6.06. The molecule has 1 amide bonds. The van der Waals surface area contributed by atoms with Gasteiger partial charge in [0.25, 0.3) is 5.91 Å². The summed E-state index contributed by atoms with van der Waals surface area (Å²) in [7, 11) is 0. The van der Waals surface area contributed by atoms with Crippen molar-refractivity contribution >= 4 is 16.8 Å². The van der Waals surface area contributed by atoms with Gasteiger partial charge in [0.1, 0.15) is 24.8 Å². The number of ether oxygens (including phenoxy) is 1. The quantitative estimate of drug-likeness (QED) is 0.277. The molecule has 1 unspecified atom stereocenters. The van der Waals surface area contributed by atoms with E-state index in [0.29, 0.717) is 25.5 Å². The number of nitrogens with one attached hydrogen (secondary N) is 2. The number of rotatable bonds is 8. The maximum absolute atomic E-state index is 13.7. The zero-order valence-electron chi connectivity index (χ0n) is 22.9. The topological polar surface area (TPSA) is 109 Å². The van der Waals surface area contributed by atoms with Gasteiger partial charge in [-0.3, -0.25) is 14.8 Å². The summed E-state index contributed by atoms with van der Waals surface area (Å²) in [4.78, 5) is 29.0. The molecule has 0 aliphatic carbocycles. The minimum absolute atomic E-state index is 0.0671. The molecule has 1 aliphatic rings. The van der Waals surface area contributed by atoms with Gasteiger partial charge in [-0.05, 0) is 29.8 Å². The standard InChI is InChI=1S/C33H32N6O2/c34-20-23-8-10-25(11-9-23)31-27(24-5-2-1-3-6-24)19-28-29(38-31)12-14-36-32(28)33(40)37-22-30(26-7-4-13-35-21-26)39-15-17-41-18-16-39/h1-14,19,21,30H,15-18,20,22,34H2,(H,37,40)/p+2. The van der Waals surface area contributed by atoms with E-state index in [-0.39, 0.29) is 11.9 Å². The Morgan fingerprint density at radius 1 is 0.951 bits per heavy atom. The van der Waals surface area contributed by atoms with Crippen LogP contribution in [0.1, 0.15) is 27.7 Å². The Morgan fingerprint density at radius 3 is 2.49 bits per heavy atom. The second kappa shape index (κ2) is 12.3. The molecule has 1 saturated heterocycles. The van der Waals surface area contributed by atoms with Crippen LogP contribution in [0.25, 0.3) is 33.3 Å². The molecule has 41 heavy (non-hydrogen) atoms. The normalized spacial score (nSPS) is 14.6. The van der Waals surface area contributed by atoms with Crippen LogP contribution in [0.3, 0.4) is 0 Å². The highest BCUT2D eigenvalue weighted by Gasteiger charge is 2.28. The van der Waals surface area contributed by atoms with E-state index in [2.05, 4.69) is 69.5 Å². The second-order valence-electron chi connectivity index (χ2n) is 10.2. The fourth-order valence-corrected chi connectivity index (χ4v) is 5.50. The van der Waals surface area contributed by atoms with Crippen molar-refractivity contribution in [1.82, 2.24) is 20.3 Å². The van der Waals surface area contributed by atoms with Gasteiger partial charge in [0, 0.05) is 46.2 Å².